The average Bonchev–Trinajstić information content (AvgIpc) is 2.85. The first-order chi connectivity index (χ1) is 17.4. The van der Waals surface area contributed by atoms with E-state index in [1.807, 2.05) is 47.4 Å². The highest BCUT2D eigenvalue weighted by Crippen LogP contribution is 2.13. The fraction of sp³-hybridized carbons (Fsp3) is 0.346. The van der Waals surface area contributed by atoms with Crippen molar-refractivity contribution in [3.8, 4) is 0 Å². The summed E-state index contributed by atoms with van der Waals surface area (Å²) in [5.41, 5.74) is 3.34. The molecular formula is C26H30N6O4. The molecule has 0 fully saturated rings. The van der Waals surface area contributed by atoms with Gasteiger partial charge in [0.1, 0.15) is 5.69 Å². The molecule has 10 heteroatoms. The Bertz CT molecular complexity index is 1180. The number of carbonyl (C=O) groups is 2. The molecular weight excluding hydrogens is 460 g/mol. The first-order valence-corrected chi connectivity index (χ1v) is 11.9. The minimum atomic E-state index is -1.05. The number of pyridine rings is 3. The number of aliphatic carboxylic acids is 1. The van der Waals surface area contributed by atoms with Crippen LogP contribution in [-0.4, -0.2) is 84.5 Å². The summed E-state index contributed by atoms with van der Waals surface area (Å²) in [4.78, 5) is 42.8. The second-order valence-corrected chi connectivity index (χ2v) is 8.85. The summed E-state index contributed by atoms with van der Waals surface area (Å²) in [6, 6.07) is 16.7. The number of aromatic nitrogens is 3. The lowest BCUT2D eigenvalue weighted by atomic mass is 10.2. The number of fused-ring (bicyclic) bond motifs is 2. The van der Waals surface area contributed by atoms with Crippen LogP contribution in [-0.2, 0) is 31.0 Å². The number of carboxylic acids is 2. The molecule has 0 saturated carbocycles. The monoisotopic (exact) mass is 490 g/mol. The molecule has 0 amide bonds. The van der Waals surface area contributed by atoms with E-state index in [0.717, 1.165) is 23.6 Å². The van der Waals surface area contributed by atoms with Crippen molar-refractivity contribution >= 4 is 11.9 Å². The maximum atomic E-state index is 11.5. The van der Waals surface area contributed by atoms with Gasteiger partial charge in [-0.2, -0.15) is 0 Å². The molecule has 1 aliphatic heterocycles. The van der Waals surface area contributed by atoms with Gasteiger partial charge in [0.05, 0.1) is 29.3 Å². The number of carboxylic acid groups (broad SMARTS) is 2. The third kappa shape index (κ3) is 7.64. The van der Waals surface area contributed by atoms with E-state index in [1.165, 1.54) is 6.07 Å². The molecule has 10 nitrogen and oxygen atoms in total. The zero-order chi connectivity index (χ0) is 25.3. The highest BCUT2D eigenvalue weighted by molar-refractivity contribution is 5.85. The van der Waals surface area contributed by atoms with Crippen LogP contribution in [0.2, 0.25) is 0 Å². The van der Waals surface area contributed by atoms with Gasteiger partial charge in [-0.15, -0.1) is 0 Å². The number of aromatic carboxylic acids is 1. The molecule has 0 atom stereocenters. The van der Waals surface area contributed by atoms with E-state index in [9.17, 15) is 19.8 Å². The number of nitrogens with zero attached hydrogens (tertiary/aromatic N) is 6. The lowest BCUT2D eigenvalue weighted by Gasteiger charge is -2.30. The molecule has 1 aliphatic rings. The predicted octanol–water partition coefficient (Wildman–Crippen LogP) is 1.97. The van der Waals surface area contributed by atoms with Gasteiger partial charge in [-0.05, 0) is 36.4 Å². The molecule has 0 saturated heterocycles. The summed E-state index contributed by atoms with van der Waals surface area (Å²) in [6.45, 7) is 4.73. The smallest absolute Gasteiger partial charge is 0.354 e. The molecule has 4 heterocycles. The van der Waals surface area contributed by atoms with Gasteiger partial charge in [0.15, 0.2) is 0 Å². The van der Waals surface area contributed by atoms with Crippen molar-refractivity contribution in [2.75, 3.05) is 32.7 Å². The molecule has 0 radical (unpaired) electrons. The molecule has 0 aromatic carbocycles. The molecule has 0 aliphatic carbocycles. The number of rotatable bonds is 7. The van der Waals surface area contributed by atoms with Crippen molar-refractivity contribution in [2.45, 2.75) is 26.2 Å². The highest BCUT2D eigenvalue weighted by Gasteiger charge is 2.18. The number of hydrogen-bond acceptors (Lipinski definition) is 8. The summed E-state index contributed by atoms with van der Waals surface area (Å²) >= 11 is 0. The zero-order valence-electron chi connectivity index (χ0n) is 20.0. The SMILES string of the molecule is O=C(O)CN1CCN(Cc2ccccn2)CCN(Cc2cccc(C(=O)O)n2)Cc2cccc(n2)C1. The predicted molar refractivity (Wildman–Crippen MR) is 132 cm³/mol. The lowest BCUT2D eigenvalue weighted by Crippen LogP contribution is -2.41. The molecule has 2 N–H and O–H groups in total. The van der Waals surface area contributed by atoms with E-state index < -0.39 is 11.9 Å². The molecule has 2 bridgehead atoms. The number of hydrogen-bond donors (Lipinski definition) is 2. The van der Waals surface area contributed by atoms with Crippen LogP contribution in [0.25, 0.3) is 0 Å². The van der Waals surface area contributed by atoms with Crippen molar-refractivity contribution in [2.24, 2.45) is 0 Å². The Labute approximate surface area is 209 Å². The van der Waals surface area contributed by atoms with E-state index in [1.54, 1.807) is 12.3 Å². The second kappa shape index (κ2) is 12.3. The largest absolute Gasteiger partial charge is 0.480 e. The van der Waals surface area contributed by atoms with E-state index in [-0.39, 0.29) is 12.2 Å². The Kier molecular flexibility index (Phi) is 8.66. The van der Waals surface area contributed by atoms with Gasteiger partial charge < -0.3 is 10.2 Å². The van der Waals surface area contributed by atoms with Crippen LogP contribution < -0.4 is 0 Å². The van der Waals surface area contributed by atoms with Crippen molar-refractivity contribution < 1.29 is 19.8 Å². The normalized spacial score (nSPS) is 16.1. The van der Waals surface area contributed by atoms with E-state index in [4.69, 9.17) is 4.98 Å². The molecule has 0 unspecified atom stereocenters. The second-order valence-electron chi connectivity index (χ2n) is 8.85. The van der Waals surface area contributed by atoms with Crippen LogP contribution in [0.4, 0.5) is 0 Å². The first-order valence-electron chi connectivity index (χ1n) is 11.9. The van der Waals surface area contributed by atoms with E-state index in [2.05, 4.69) is 19.8 Å². The molecule has 3 aromatic heterocycles. The third-order valence-electron chi connectivity index (χ3n) is 5.98. The van der Waals surface area contributed by atoms with Crippen LogP contribution in [0, 0.1) is 0 Å². The standard InChI is InChI=1S/C26H30N6O4/c33-25(34)19-32-14-12-30(15-20-5-1-2-10-27-20)11-13-31(16-21-6-3-7-22(17-32)28-21)18-23-8-4-9-24(29-23)26(35)36/h1-10H,11-19H2,(H,33,34)(H,35,36). The Morgan fingerprint density at radius 2 is 1.36 bits per heavy atom. The maximum Gasteiger partial charge on any atom is 0.354 e. The lowest BCUT2D eigenvalue weighted by molar-refractivity contribution is -0.138. The summed E-state index contributed by atoms with van der Waals surface area (Å²) < 4.78 is 0. The maximum absolute atomic E-state index is 11.5. The minimum absolute atomic E-state index is 0.0253. The van der Waals surface area contributed by atoms with Crippen molar-refractivity contribution in [1.82, 2.24) is 29.7 Å². The van der Waals surface area contributed by atoms with Crippen molar-refractivity contribution in [3.05, 3.63) is 89.3 Å². The summed E-state index contributed by atoms with van der Waals surface area (Å²) in [6.07, 6.45) is 1.77. The van der Waals surface area contributed by atoms with E-state index in [0.29, 0.717) is 51.5 Å². The van der Waals surface area contributed by atoms with Gasteiger partial charge in [0.2, 0.25) is 0 Å². The van der Waals surface area contributed by atoms with Gasteiger partial charge in [0, 0.05) is 58.6 Å². The van der Waals surface area contributed by atoms with Crippen LogP contribution in [0.3, 0.4) is 0 Å². The van der Waals surface area contributed by atoms with Gasteiger partial charge in [0.25, 0.3) is 0 Å². The Balaban J connectivity index is 1.58. The van der Waals surface area contributed by atoms with Crippen LogP contribution in [0.5, 0.6) is 0 Å². The quantitative estimate of drug-likeness (QED) is 0.508. The summed E-state index contributed by atoms with van der Waals surface area (Å²) in [7, 11) is 0. The molecule has 188 valence electrons. The van der Waals surface area contributed by atoms with Gasteiger partial charge in [-0.1, -0.05) is 18.2 Å². The van der Waals surface area contributed by atoms with Gasteiger partial charge >= 0.3 is 11.9 Å². The van der Waals surface area contributed by atoms with Crippen molar-refractivity contribution in [1.29, 1.82) is 0 Å². The minimum Gasteiger partial charge on any atom is -0.480 e. The third-order valence-corrected chi connectivity index (χ3v) is 5.98. The fourth-order valence-corrected chi connectivity index (χ4v) is 4.26. The van der Waals surface area contributed by atoms with Crippen LogP contribution in [0.15, 0.2) is 60.8 Å². The molecule has 36 heavy (non-hydrogen) atoms. The Hall–Kier alpha value is -3.73. The van der Waals surface area contributed by atoms with Gasteiger partial charge in [-0.25, -0.2) is 9.78 Å². The topological polar surface area (TPSA) is 123 Å². The van der Waals surface area contributed by atoms with Crippen LogP contribution >= 0.6 is 0 Å². The van der Waals surface area contributed by atoms with Gasteiger partial charge in [-0.3, -0.25) is 29.5 Å². The van der Waals surface area contributed by atoms with Crippen molar-refractivity contribution in [3.63, 3.8) is 0 Å². The van der Waals surface area contributed by atoms with E-state index >= 15 is 0 Å². The summed E-state index contributed by atoms with van der Waals surface area (Å²) in [5, 5.41) is 18.8. The molecule has 0 spiro atoms. The highest BCUT2D eigenvalue weighted by atomic mass is 16.4. The molecule has 3 aromatic rings. The van der Waals surface area contributed by atoms with Crippen LogP contribution in [0.1, 0.15) is 33.3 Å². The first kappa shape index (κ1) is 25.4. The fourth-order valence-electron chi connectivity index (χ4n) is 4.26. The summed E-state index contributed by atoms with van der Waals surface area (Å²) in [5.74, 6) is -1.91. The zero-order valence-corrected chi connectivity index (χ0v) is 20.0. The Morgan fingerprint density at radius 1 is 0.722 bits per heavy atom. The molecule has 4 rings (SSSR count). The average molecular weight is 491 g/mol. The Morgan fingerprint density at radius 3 is 2.06 bits per heavy atom.